The van der Waals surface area contributed by atoms with Crippen molar-refractivity contribution >= 4 is 102 Å². The van der Waals surface area contributed by atoms with Gasteiger partial charge in [0.15, 0.2) is 0 Å². The Balaban J connectivity index is 0.000000479. The summed E-state index contributed by atoms with van der Waals surface area (Å²) in [7, 11) is 4.32. The summed E-state index contributed by atoms with van der Waals surface area (Å²) < 4.78 is 86.5. The predicted molar refractivity (Wildman–Crippen MR) is 348 cm³/mol. The van der Waals surface area contributed by atoms with Crippen LogP contribution in [0.15, 0.2) is 159 Å². The number of nitrogens with one attached hydrogen (secondary N) is 3. The topological polar surface area (TPSA) is 254 Å². The molecule has 4 aromatic heterocycles. The summed E-state index contributed by atoms with van der Waals surface area (Å²) in [5.41, 5.74) is 9.34. The number of anilines is 2. The van der Waals surface area contributed by atoms with E-state index in [1.54, 1.807) is 115 Å². The molecule has 5 N–H and O–H groups in total. The van der Waals surface area contributed by atoms with E-state index in [4.69, 9.17) is 52.1 Å². The number of halogens is 10. The van der Waals surface area contributed by atoms with E-state index in [-0.39, 0.29) is 36.0 Å². The summed E-state index contributed by atoms with van der Waals surface area (Å²) in [5, 5.41) is 18.7. The molecule has 4 heterocycles. The van der Waals surface area contributed by atoms with Crippen molar-refractivity contribution < 1.29 is 99.1 Å². The number of nitrogens with two attached hydrogens (primary N) is 1. The molecule has 0 unspecified atom stereocenters. The summed E-state index contributed by atoms with van der Waals surface area (Å²) in [4.78, 5) is 81.6. The fraction of sp³-hybridized carbons (Fsp3) is 0.281. The summed E-state index contributed by atoms with van der Waals surface area (Å²) >= 11 is 22.0. The molecule has 0 spiro atoms. The van der Waals surface area contributed by atoms with E-state index in [0.717, 1.165) is 62.2 Å². The first-order valence-electron chi connectivity index (χ1n) is 28.3. The van der Waals surface area contributed by atoms with E-state index >= 15 is 0 Å². The number of amides is 2. The molecule has 8 aromatic rings. The predicted octanol–water partition coefficient (Wildman–Crippen LogP) is 11.5. The van der Waals surface area contributed by atoms with Crippen molar-refractivity contribution in [1.82, 2.24) is 40.2 Å². The smallest absolute Gasteiger partial charge is 0.793 e. The normalized spacial score (nSPS) is 11.0. The molecule has 19 nitrogen and oxygen atoms in total. The van der Waals surface area contributed by atoms with Crippen LogP contribution >= 0.6 is 46.4 Å². The van der Waals surface area contributed by atoms with Gasteiger partial charge in [0.05, 0.1) is 80.9 Å². The first kappa shape index (κ1) is 83.1. The van der Waals surface area contributed by atoms with Gasteiger partial charge in [0.1, 0.15) is 6.29 Å². The number of pyridine rings is 2. The molecule has 0 aliphatic rings. The third-order valence-electron chi connectivity index (χ3n) is 12.4. The molecule has 0 saturated carbocycles. The fourth-order valence-electron chi connectivity index (χ4n) is 8.00. The van der Waals surface area contributed by atoms with Gasteiger partial charge in [-0.25, -0.2) is 28.7 Å². The number of carbonyl (C=O) groups excluding carboxylic acids is 6. The third-order valence-corrected chi connectivity index (χ3v) is 13.5. The second-order valence-electron chi connectivity index (χ2n) is 19.5. The summed E-state index contributed by atoms with van der Waals surface area (Å²) in [6, 6.07) is 29.9. The number of aldehydes is 1. The molecule has 2 atom stereocenters. The zero-order chi connectivity index (χ0) is 69.8. The number of rotatable bonds is 19. The molecule has 31 heteroatoms. The number of nitrogen functional groups attached to an aromatic ring is 1. The van der Waals surface area contributed by atoms with Crippen molar-refractivity contribution in [3.8, 4) is 11.4 Å². The van der Waals surface area contributed by atoms with E-state index < -0.39 is 65.3 Å². The van der Waals surface area contributed by atoms with Crippen molar-refractivity contribution in [2.45, 2.75) is 97.6 Å². The van der Waals surface area contributed by atoms with Gasteiger partial charge in [0, 0.05) is 80.3 Å². The molecule has 0 bridgehead atoms. The van der Waals surface area contributed by atoms with E-state index in [9.17, 15) is 55.1 Å². The van der Waals surface area contributed by atoms with Crippen LogP contribution in [0.5, 0.6) is 0 Å². The number of unbranched alkanes of at least 4 members (excludes halogenated alkanes) is 2. The maximum atomic E-state index is 13.4. The molecule has 3 radical (unpaired) electrons. The average molecular weight is 1410 g/mol. The van der Waals surface area contributed by atoms with Crippen molar-refractivity contribution in [1.29, 1.82) is 0 Å². The number of carbonyl (C=O) groups is 6. The molecule has 0 aliphatic heterocycles. The van der Waals surface area contributed by atoms with E-state index in [1.807, 2.05) is 12.1 Å². The monoisotopic (exact) mass is 1410 g/mol. The van der Waals surface area contributed by atoms with Crippen LogP contribution in [0.1, 0.15) is 126 Å². The van der Waals surface area contributed by atoms with Gasteiger partial charge < -0.3 is 39.2 Å². The van der Waals surface area contributed by atoms with Crippen LogP contribution in [0, 0.1) is 13.8 Å². The SMILES string of the molecule is CC(=O)OOC(C)=O.Cc1c(C(=O)N[C@@H](CCCC=O)c2cccc(C(F)(F)F)c2)cnn1-c1ccc(Cl)cc1.Cc1c(C(=O)N[C@@H](CCCCNc2cccnc2)c2cccc(C(F)(F)F)c2)cnn1-c1ccc(Cl)cc1.ClCCCl.Nc1cccnc1.[B-]OC(C)=O.[Na+]. The Morgan fingerprint density at radius 3 is 1.36 bits per heavy atom. The number of benzene rings is 4. The van der Waals surface area contributed by atoms with Crippen LogP contribution < -0.4 is 51.2 Å². The zero-order valence-electron chi connectivity index (χ0n) is 52.4. The molecule has 501 valence electrons. The Hall–Kier alpha value is -7.98. The molecule has 0 aliphatic carbocycles. The Morgan fingerprint density at radius 1 is 0.600 bits per heavy atom. The minimum absolute atomic E-state index is 0. The molecule has 4 aromatic carbocycles. The van der Waals surface area contributed by atoms with Gasteiger partial charge in [-0.3, -0.25) is 24.4 Å². The maximum Gasteiger partial charge on any atom is 1.00 e. The van der Waals surface area contributed by atoms with Crippen LogP contribution in [0.25, 0.3) is 11.4 Å². The van der Waals surface area contributed by atoms with Gasteiger partial charge in [-0.2, -0.15) is 36.5 Å². The Bertz CT molecular complexity index is 3610. The fourth-order valence-corrected chi connectivity index (χ4v) is 8.25. The van der Waals surface area contributed by atoms with Crippen LogP contribution in [0.3, 0.4) is 0 Å². The number of nitrogens with zero attached hydrogens (tertiary/aromatic N) is 6. The van der Waals surface area contributed by atoms with Gasteiger partial charge in [-0.1, -0.05) is 47.5 Å². The minimum atomic E-state index is -4.50. The third kappa shape index (κ3) is 31.4. The molecule has 2 amide bonds. The standard InChI is InChI=1S/C28H27ClF3N5O.C23H21ClF3N3O2.C5H6N2.C4H6O4.C2H3BO2.C2H4Cl2.Na/c1-19-25(18-35-37(19)24-12-10-22(29)11-13-24)27(38)36-26(20-6-4-7-21(16-20)28(30,31)32)9-2-3-15-34-23-8-5-14-33-17-23;1-15-20(14-28-30(15)19-10-8-18(24)9-11-19)22(32)29-21(7-2-3-12-31)16-5-4-6-17(13-16)23(25,26)27;6-5-2-1-3-7-4-5;1-3(5)7-8-4(2)6;1-2(4)5-3;3-1-2-4;/h4-8,10-14,16-18,26,34H,2-3,9,15H2,1H3,(H,36,38);4-6,8-14,21H,2-3,7H2,1H3,(H,29,32);1-4H,6H2;1-2H3;1H3;1-2H2;/q;;;;-1;;+1/t26-;21-;;;;;/m00...../s1. The van der Waals surface area contributed by atoms with Gasteiger partial charge in [-0.05, 0) is 154 Å². The number of hydrogen-bond acceptors (Lipinski definition) is 15. The van der Waals surface area contributed by atoms with Gasteiger partial charge in [-0.15, -0.1) is 23.2 Å². The van der Waals surface area contributed by atoms with Gasteiger partial charge >= 0.3 is 53.8 Å². The quantitative estimate of drug-likeness (QED) is 0.0112. The Morgan fingerprint density at radius 2 is 1.02 bits per heavy atom. The number of alkyl halides is 8. The first-order valence-corrected chi connectivity index (χ1v) is 30.1. The maximum absolute atomic E-state index is 13.4. The molecule has 8 rings (SSSR count). The van der Waals surface area contributed by atoms with Gasteiger partial charge in [0.25, 0.3) is 11.8 Å². The number of aromatic nitrogens is 6. The molecule has 0 fully saturated rings. The van der Waals surface area contributed by atoms with Crippen LogP contribution in [0.4, 0.5) is 37.7 Å². The Kier molecular flexibility index (Phi) is 38.4. The minimum Gasteiger partial charge on any atom is -0.793 e. The van der Waals surface area contributed by atoms with Crippen LogP contribution in [0.2, 0.25) is 10.0 Å². The summed E-state index contributed by atoms with van der Waals surface area (Å²) in [6.07, 6.45) is 4.24. The zero-order valence-corrected chi connectivity index (χ0v) is 57.4. The van der Waals surface area contributed by atoms with Crippen molar-refractivity contribution in [3.63, 3.8) is 0 Å². The molecular weight excluding hydrogens is 1340 g/mol. The largest absolute Gasteiger partial charge is 1.00 e. The molecule has 95 heavy (non-hydrogen) atoms. The van der Waals surface area contributed by atoms with Gasteiger partial charge in [0.2, 0.25) is 5.97 Å². The Labute approximate surface area is 588 Å². The van der Waals surface area contributed by atoms with Crippen molar-refractivity contribution in [3.05, 3.63) is 213 Å². The van der Waals surface area contributed by atoms with Crippen LogP contribution in [-0.2, 0) is 46.0 Å². The van der Waals surface area contributed by atoms with Crippen LogP contribution in [-0.4, -0.2) is 91.9 Å². The van der Waals surface area contributed by atoms with Crippen molar-refractivity contribution in [2.75, 3.05) is 29.4 Å². The summed E-state index contributed by atoms with van der Waals surface area (Å²) in [6.45, 7) is 7.68. The second-order valence-corrected chi connectivity index (χ2v) is 21.2. The van der Waals surface area contributed by atoms with Crippen molar-refractivity contribution in [2.24, 2.45) is 0 Å². The number of hydrogen-bond donors (Lipinski definition) is 4. The van der Waals surface area contributed by atoms with E-state index in [1.165, 1.54) is 37.5 Å². The molecule has 0 saturated heterocycles. The average Bonchev–Trinajstić information content (AvgIpc) is 1.77. The first-order chi connectivity index (χ1) is 44.6. The summed E-state index contributed by atoms with van der Waals surface area (Å²) in [5.74, 6) is -1.50. The van der Waals surface area contributed by atoms with E-state index in [0.29, 0.717) is 99.0 Å². The second kappa shape index (κ2) is 43.9. The molecular formula is C64H67BCl4F6N10NaO9. The van der Waals surface area contributed by atoms with E-state index in [2.05, 4.69) is 58.6 Å².